The number of nitro groups is 1. The van der Waals surface area contributed by atoms with E-state index in [1.54, 1.807) is 24.3 Å². The van der Waals surface area contributed by atoms with Crippen LogP contribution in [0, 0.1) is 10.1 Å². The lowest BCUT2D eigenvalue weighted by atomic mass is 10.1. The van der Waals surface area contributed by atoms with Crippen LogP contribution in [0.15, 0.2) is 83.8 Å². The average molecular weight is 493 g/mol. The van der Waals surface area contributed by atoms with Gasteiger partial charge in [0.15, 0.2) is 4.32 Å². The van der Waals surface area contributed by atoms with Crippen LogP contribution in [0.1, 0.15) is 12.0 Å². The molecule has 0 bridgehead atoms. The summed E-state index contributed by atoms with van der Waals surface area (Å²) < 4.78 is 11.9. The Morgan fingerprint density at radius 2 is 1.65 bits per heavy atom. The van der Waals surface area contributed by atoms with Crippen molar-refractivity contribution in [2.24, 2.45) is 0 Å². The van der Waals surface area contributed by atoms with Crippen molar-refractivity contribution in [3.05, 3.63) is 99.4 Å². The Morgan fingerprint density at radius 1 is 0.971 bits per heavy atom. The molecule has 0 aliphatic carbocycles. The Hall–Kier alpha value is -3.69. The summed E-state index contributed by atoms with van der Waals surface area (Å²) >= 11 is 6.55. The summed E-state index contributed by atoms with van der Waals surface area (Å²) in [6, 6.07) is 22.9. The Labute approximate surface area is 206 Å². The molecule has 0 unspecified atom stereocenters. The molecule has 1 saturated heterocycles. The zero-order chi connectivity index (χ0) is 23.9. The van der Waals surface area contributed by atoms with Crippen LogP contribution in [0.3, 0.4) is 0 Å². The highest BCUT2D eigenvalue weighted by Crippen LogP contribution is 2.37. The van der Waals surface area contributed by atoms with Crippen molar-refractivity contribution in [3.63, 3.8) is 0 Å². The van der Waals surface area contributed by atoms with Crippen LogP contribution < -0.4 is 14.4 Å². The minimum absolute atomic E-state index is 0.0930. The summed E-state index contributed by atoms with van der Waals surface area (Å²) in [7, 11) is 0. The topological polar surface area (TPSA) is 81.9 Å². The largest absolute Gasteiger partial charge is 0.493 e. The van der Waals surface area contributed by atoms with Gasteiger partial charge in [0.25, 0.3) is 11.6 Å². The zero-order valence-corrected chi connectivity index (χ0v) is 19.6. The fraction of sp³-hybridized carbons (Fsp3) is 0.120. The number of non-ortho nitro benzene ring substituents is 1. The third kappa shape index (κ3) is 5.62. The number of hydrogen-bond donors (Lipinski definition) is 0. The van der Waals surface area contributed by atoms with E-state index in [0.717, 1.165) is 17.5 Å². The summed E-state index contributed by atoms with van der Waals surface area (Å²) in [5.74, 6) is 0.934. The highest BCUT2D eigenvalue weighted by Gasteiger charge is 2.33. The predicted octanol–water partition coefficient (Wildman–Crippen LogP) is 5.85. The number of hydrogen-bond acceptors (Lipinski definition) is 7. The number of ether oxygens (including phenoxy) is 2. The van der Waals surface area contributed by atoms with E-state index >= 15 is 0 Å². The third-order valence-electron chi connectivity index (χ3n) is 4.86. The number of nitro benzene ring substituents is 1. The van der Waals surface area contributed by atoms with E-state index in [1.807, 2.05) is 48.5 Å². The molecule has 1 fully saturated rings. The van der Waals surface area contributed by atoms with E-state index in [-0.39, 0.29) is 11.6 Å². The van der Waals surface area contributed by atoms with Gasteiger partial charge in [0.2, 0.25) is 0 Å². The molecule has 1 aliphatic rings. The number of carbonyl (C=O) groups is 1. The van der Waals surface area contributed by atoms with Crippen LogP contribution in [0.4, 0.5) is 11.4 Å². The van der Waals surface area contributed by atoms with Crippen LogP contribution in [-0.4, -0.2) is 28.4 Å². The summed E-state index contributed by atoms with van der Waals surface area (Å²) in [6.45, 7) is 0.804. The van der Waals surface area contributed by atoms with E-state index in [1.165, 1.54) is 17.0 Å². The SMILES string of the molecule is O=C1/C(=C/c2cc([N+](=O)[O-])ccc2OCCCOc2ccccc2)SC(=S)N1c1ccccc1. The van der Waals surface area contributed by atoms with Crippen molar-refractivity contribution in [1.29, 1.82) is 0 Å². The molecule has 172 valence electrons. The maximum Gasteiger partial charge on any atom is 0.270 e. The first-order valence-corrected chi connectivity index (χ1v) is 11.7. The van der Waals surface area contributed by atoms with Crippen LogP contribution in [0.25, 0.3) is 6.08 Å². The first kappa shape index (κ1) is 23.5. The monoisotopic (exact) mass is 492 g/mol. The number of amides is 1. The lowest BCUT2D eigenvalue weighted by Crippen LogP contribution is -2.27. The van der Waals surface area contributed by atoms with Gasteiger partial charge in [0, 0.05) is 24.1 Å². The van der Waals surface area contributed by atoms with Gasteiger partial charge in [0.05, 0.1) is 28.7 Å². The number of benzene rings is 3. The van der Waals surface area contributed by atoms with Gasteiger partial charge in [-0.25, -0.2) is 0 Å². The molecule has 4 rings (SSSR count). The minimum atomic E-state index is -0.482. The van der Waals surface area contributed by atoms with Crippen LogP contribution in [-0.2, 0) is 4.79 Å². The van der Waals surface area contributed by atoms with E-state index in [4.69, 9.17) is 21.7 Å². The van der Waals surface area contributed by atoms with E-state index in [0.29, 0.717) is 45.9 Å². The van der Waals surface area contributed by atoms with Gasteiger partial charge in [-0.1, -0.05) is 60.4 Å². The van der Waals surface area contributed by atoms with Gasteiger partial charge in [-0.2, -0.15) is 0 Å². The molecule has 34 heavy (non-hydrogen) atoms. The molecule has 1 aliphatic heterocycles. The summed E-state index contributed by atoms with van der Waals surface area (Å²) in [5.41, 5.74) is 1.01. The Balaban J connectivity index is 1.49. The smallest absolute Gasteiger partial charge is 0.270 e. The average Bonchev–Trinajstić information content (AvgIpc) is 3.13. The number of nitrogens with zero attached hydrogens (tertiary/aromatic N) is 2. The van der Waals surface area contributed by atoms with Gasteiger partial charge in [-0.05, 0) is 36.4 Å². The highest BCUT2D eigenvalue weighted by molar-refractivity contribution is 8.27. The fourth-order valence-corrected chi connectivity index (χ4v) is 4.54. The molecule has 0 radical (unpaired) electrons. The summed E-state index contributed by atoms with van der Waals surface area (Å²) in [4.78, 5) is 25.7. The number of thiocarbonyl (C=S) groups is 1. The molecule has 1 heterocycles. The normalized spacial score (nSPS) is 14.5. The first-order chi connectivity index (χ1) is 16.5. The van der Waals surface area contributed by atoms with E-state index in [9.17, 15) is 14.9 Å². The molecule has 0 atom stereocenters. The maximum atomic E-state index is 13.0. The molecule has 3 aromatic carbocycles. The molecule has 0 spiro atoms. The van der Waals surface area contributed by atoms with Crippen LogP contribution in [0.2, 0.25) is 0 Å². The number of carbonyl (C=O) groups excluding carboxylic acids is 1. The molecule has 7 nitrogen and oxygen atoms in total. The van der Waals surface area contributed by atoms with Gasteiger partial charge in [0.1, 0.15) is 11.5 Å². The number of rotatable bonds is 9. The summed E-state index contributed by atoms with van der Waals surface area (Å²) in [6.07, 6.45) is 2.20. The van der Waals surface area contributed by atoms with Gasteiger partial charge < -0.3 is 9.47 Å². The van der Waals surface area contributed by atoms with Crippen LogP contribution in [0.5, 0.6) is 11.5 Å². The molecular formula is C25H20N2O5S2. The lowest BCUT2D eigenvalue weighted by molar-refractivity contribution is -0.384. The zero-order valence-electron chi connectivity index (χ0n) is 18.0. The molecular weight excluding hydrogens is 472 g/mol. The van der Waals surface area contributed by atoms with Crippen molar-refractivity contribution in [2.45, 2.75) is 6.42 Å². The number of thioether (sulfide) groups is 1. The fourth-order valence-electron chi connectivity index (χ4n) is 3.25. The Morgan fingerprint density at radius 3 is 2.35 bits per heavy atom. The molecule has 3 aromatic rings. The first-order valence-electron chi connectivity index (χ1n) is 10.4. The molecule has 1 amide bonds. The van der Waals surface area contributed by atoms with Gasteiger partial charge >= 0.3 is 0 Å². The second kappa shape index (κ2) is 11.0. The lowest BCUT2D eigenvalue weighted by Gasteiger charge is -2.14. The predicted molar refractivity (Wildman–Crippen MR) is 137 cm³/mol. The Kier molecular flexibility index (Phi) is 7.56. The van der Waals surface area contributed by atoms with Crippen molar-refractivity contribution in [1.82, 2.24) is 0 Å². The molecule has 9 heteroatoms. The minimum Gasteiger partial charge on any atom is -0.493 e. The molecule has 0 aromatic heterocycles. The maximum absolute atomic E-state index is 13.0. The standard InChI is InChI=1S/C25H20N2O5S2/c28-24-23(34-25(33)26(24)19-8-3-1-4-9-19)17-18-16-20(27(29)30)12-13-22(18)32-15-7-14-31-21-10-5-2-6-11-21/h1-6,8-13,16-17H,7,14-15H2/b23-17-. The van der Waals surface area contributed by atoms with Crippen molar-refractivity contribution < 1.29 is 19.2 Å². The van der Waals surface area contributed by atoms with Crippen molar-refractivity contribution in [2.75, 3.05) is 18.1 Å². The molecule has 0 N–H and O–H groups in total. The van der Waals surface area contributed by atoms with E-state index < -0.39 is 4.92 Å². The Bertz CT molecular complexity index is 1230. The summed E-state index contributed by atoms with van der Waals surface area (Å²) in [5, 5.41) is 11.3. The third-order valence-corrected chi connectivity index (χ3v) is 6.16. The number of para-hydroxylation sites is 2. The van der Waals surface area contributed by atoms with Crippen molar-refractivity contribution in [3.8, 4) is 11.5 Å². The van der Waals surface area contributed by atoms with Crippen molar-refractivity contribution >= 4 is 51.7 Å². The second-order valence-electron chi connectivity index (χ2n) is 7.20. The van der Waals surface area contributed by atoms with Gasteiger partial charge in [-0.15, -0.1) is 0 Å². The van der Waals surface area contributed by atoms with E-state index in [2.05, 4.69) is 0 Å². The number of anilines is 1. The van der Waals surface area contributed by atoms with Crippen LogP contribution >= 0.6 is 24.0 Å². The van der Waals surface area contributed by atoms with Gasteiger partial charge in [-0.3, -0.25) is 19.8 Å². The highest BCUT2D eigenvalue weighted by atomic mass is 32.2. The quantitative estimate of drug-likeness (QED) is 0.122. The molecule has 0 saturated carbocycles. The second-order valence-corrected chi connectivity index (χ2v) is 8.87.